The lowest BCUT2D eigenvalue weighted by atomic mass is 10.0. The molecule has 2 aromatic carbocycles. The molecule has 0 saturated heterocycles. The van der Waals surface area contributed by atoms with E-state index in [0.29, 0.717) is 12.8 Å². The van der Waals surface area contributed by atoms with Gasteiger partial charge in [-0.3, -0.25) is 4.79 Å². The van der Waals surface area contributed by atoms with E-state index >= 15 is 0 Å². The highest BCUT2D eigenvalue weighted by molar-refractivity contribution is 5.76. The molecule has 3 rings (SSSR count). The van der Waals surface area contributed by atoms with Gasteiger partial charge in [0.05, 0.1) is 13.2 Å². The Morgan fingerprint density at radius 3 is 2.73 bits per heavy atom. The van der Waals surface area contributed by atoms with E-state index in [4.69, 9.17) is 14.2 Å². The molecule has 0 aliphatic carbocycles. The van der Waals surface area contributed by atoms with E-state index in [-0.39, 0.29) is 18.7 Å². The molecule has 138 valence electrons. The first kappa shape index (κ1) is 18.1. The Labute approximate surface area is 154 Å². The molecule has 1 aliphatic heterocycles. The number of amides is 1. The summed E-state index contributed by atoms with van der Waals surface area (Å²) in [6.45, 7) is 4.34. The number of carbonyl (C=O) groups excluding carboxylic acids is 1. The number of aryl methyl sites for hydroxylation is 2. The van der Waals surface area contributed by atoms with Crippen molar-refractivity contribution in [2.45, 2.75) is 39.2 Å². The Kier molecular flexibility index (Phi) is 5.66. The van der Waals surface area contributed by atoms with Gasteiger partial charge in [-0.15, -0.1) is 0 Å². The maximum Gasteiger partial charge on any atom is 0.231 e. The Morgan fingerprint density at radius 1 is 1.19 bits per heavy atom. The van der Waals surface area contributed by atoms with Gasteiger partial charge in [-0.2, -0.15) is 0 Å². The smallest absolute Gasteiger partial charge is 0.231 e. The van der Waals surface area contributed by atoms with Crippen LogP contribution in [0.15, 0.2) is 36.4 Å². The summed E-state index contributed by atoms with van der Waals surface area (Å²) in [4.78, 5) is 12.4. The molecule has 0 bridgehead atoms. The van der Waals surface area contributed by atoms with E-state index in [9.17, 15) is 4.79 Å². The normalized spacial score (nSPS) is 13.3. The molecule has 0 saturated carbocycles. The van der Waals surface area contributed by atoms with E-state index < -0.39 is 0 Å². The maximum absolute atomic E-state index is 12.4. The Balaban J connectivity index is 1.58. The average molecular weight is 355 g/mol. The van der Waals surface area contributed by atoms with Crippen LogP contribution >= 0.6 is 0 Å². The van der Waals surface area contributed by atoms with Gasteiger partial charge in [0.15, 0.2) is 11.5 Å². The van der Waals surface area contributed by atoms with Gasteiger partial charge in [0.2, 0.25) is 12.7 Å². The first-order chi connectivity index (χ1) is 12.6. The summed E-state index contributed by atoms with van der Waals surface area (Å²) in [5.41, 5.74) is 3.23. The van der Waals surface area contributed by atoms with Gasteiger partial charge >= 0.3 is 0 Å². The fourth-order valence-electron chi connectivity index (χ4n) is 3.16. The van der Waals surface area contributed by atoms with Crippen molar-refractivity contribution >= 4 is 5.91 Å². The van der Waals surface area contributed by atoms with Crippen LogP contribution < -0.4 is 19.5 Å². The Morgan fingerprint density at radius 2 is 2.00 bits per heavy atom. The van der Waals surface area contributed by atoms with Crippen molar-refractivity contribution in [3.05, 3.63) is 53.1 Å². The predicted octanol–water partition coefficient (Wildman–Crippen LogP) is 3.93. The van der Waals surface area contributed by atoms with Crippen molar-refractivity contribution < 1.29 is 19.0 Å². The standard InChI is InChI=1S/C21H25NO4/c1-4-17(16-7-9-18(24-3)14(2)11-16)22-21(23)10-6-15-5-8-19-20(12-15)26-13-25-19/h5,7-9,11-12,17H,4,6,10,13H2,1-3H3,(H,22,23)/t17-/m1/s1. The van der Waals surface area contributed by atoms with E-state index in [1.807, 2.05) is 37.3 Å². The summed E-state index contributed by atoms with van der Waals surface area (Å²) in [6.07, 6.45) is 1.94. The summed E-state index contributed by atoms with van der Waals surface area (Å²) in [7, 11) is 1.66. The fourth-order valence-corrected chi connectivity index (χ4v) is 3.16. The third-order valence-corrected chi connectivity index (χ3v) is 4.64. The second-order valence-corrected chi connectivity index (χ2v) is 6.45. The van der Waals surface area contributed by atoms with Gasteiger partial charge in [0.25, 0.3) is 0 Å². The van der Waals surface area contributed by atoms with Gasteiger partial charge in [-0.05, 0) is 54.7 Å². The molecule has 1 aliphatic rings. The van der Waals surface area contributed by atoms with Crippen LogP contribution in [-0.2, 0) is 11.2 Å². The molecule has 0 unspecified atom stereocenters. The molecule has 26 heavy (non-hydrogen) atoms. The topological polar surface area (TPSA) is 56.8 Å². The zero-order valence-electron chi connectivity index (χ0n) is 15.5. The Bertz CT molecular complexity index is 788. The van der Waals surface area contributed by atoms with E-state index in [1.165, 1.54) is 0 Å². The minimum Gasteiger partial charge on any atom is -0.496 e. The van der Waals surface area contributed by atoms with Crippen LogP contribution in [0.3, 0.4) is 0 Å². The average Bonchev–Trinajstić information content (AvgIpc) is 3.12. The number of rotatable bonds is 7. The second-order valence-electron chi connectivity index (χ2n) is 6.45. The van der Waals surface area contributed by atoms with Gasteiger partial charge in [0.1, 0.15) is 5.75 Å². The van der Waals surface area contributed by atoms with Crippen LogP contribution in [-0.4, -0.2) is 19.8 Å². The van der Waals surface area contributed by atoms with E-state index in [0.717, 1.165) is 40.4 Å². The quantitative estimate of drug-likeness (QED) is 0.817. The third-order valence-electron chi connectivity index (χ3n) is 4.64. The zero-order valence-corrected chi connectivity index (χ0v) is 15.5. The van der Waals surface area contributed by atoms with Crippen LogP contribution in [0.4, 0.5) is 0 Å². The SMILES string of the molecule is CC[C@@H](NC(=O)CCc1ccc2c(c1)OCO2)c1ccc(OC)c(C)c1. The number of fused-ring (bicyclic) bond motifs is 1. The lowest BCUT2D eigenvalue weighted by Crippen LogP contribution is -2.28. The van der Waals surface area contributed by atoms with Gasteiger partial charge in [-0.25, -0.2) is 0 Å². The number of methoxy groups -OCH3 is 1. The molecule has 1 N–H and O–H groups in total. The second kappa shape index (κ2) is 8.13. The first-order valence-corrected chi connectivity index (χ1v) is 8.93. The number of hydrogen-bond donors (Lipinski definition) is 1. The molecule has 1 atom stereocenters. The number of hydrogen-bond acceptors (Lipinski definition) is 4. The predicted molar refractivity (Wildman–Crippen MR) is 99.8 cm³/mol. The van der Waals surface area contributed by atoms with Crippen molar-refractivity contribution in [3.8, 4) is 17.2 Å². The van der Waals surface area contributed by atoms with E-state index in [2.05, 4.69) is 18.3 Å². The molecule has 5 heteroatoms. The molecular formula is C21H25NO4. The number of ether oxygens (including phenoxy) is 3. The molecule has 0 spiro atoms. The van der Waals surface area contributed by atoms with Crippen LogP contribution in [0.25, 0.3) is 0 Å². The fraction of sp³-hybridized carbons (Fsp3) is 0.381. The first-order valence-electron chi connectivity index (χ1n) is 8.93. The summed E-state index contributed by atoms with van der Waals surface area (Å²) in [5, 5.41) is 3.13. The number of carbonyl (C=O) groups is 1. The molecule has 5 nitrogen and oxygen atoms in total. The minimum atomic E-state index is 0.00357. The molecule has 0 radical (unpaired) electrons. The minimum absolute atomic E-state index is 0.00357. The molecule has 0 fully saturated rings. The summed E-state index contributed by atoms with van der Waals surface area (Å²) in [6, 6.07) is 11.9. The van der Waals surface area contributed by atoms with Crippen LogP contribution in [0.2, 0.25) is 0 Å². The van der Waals surface area contributed by atoms with Gasteiger partial charge in [0, 0.05) is 6.42 Å². The third kappa shape index (κ3) is 4.10. The molecule has 1 heterocycles. The van der Waals surface area contributed by atoms with Crippen LogP contribution in [0, 0.1) is 6.92 Å². The van der Waals surface area contributed by atoms with Gasteiger partial charge in [-0.1, -0.05) is 25.1 Å². The van der Waals surface area contributed by atoms with Crippen LogP contribution in [0.1, 0.15) is 42.5 Å². The lowest BCUT2D eigenvalue weighted by molar-refractivity contribution is -0.121. The van der Waals surface area contributed by atoms with Crippen molar-refractivity contribution in [2.24, 2.45) is 0 Å². The van der Waals surface area contributed by atoms with Gasteiger partial charge < -0.3 is 19.5 Å². The largest absolute Gasteiger partial charge is 0.496 e. The monoisotopic (exact) mass is 355 g/mol. The molecule has 1 amide bonds. The Hall–Kier alpha value is -2.69. The summed E-state index contributed by atoms with van der Waals surface area (Å²) in [5.74, 6) is 2.42. The summed E-state index contributed by atoms with van der Waals surface area (Å²) >= 11 is 0. The lowest BCUT2D eigenvalue weighted by Gasteiger charge is -2.19. The van der Waals surface area contributed by atoms with E-state index in [1.54, 1.807) is 7.11 Å². The maximum atomic E-state index is 12.4. The highest BCUT2D eigenvalue weighted by Crippen LogP contribution is 2.32. The van der Waals surface area contributed by atoms with Crippen molar-refractivity contribution in [2.75, 3.05) is 13.9 Å². The van der Waals surface area contributed by atoms with Crippen LogP contribution in [0.5, 0.6) is 17.2 Å². The van der Waals surface area contributed by atoms with Crippen molar-refractivity contribution in [3.63, 3.8) is 0 Å². The molecule has 2 aromatic rings. The van der Waals surface area contributed by atoms with Crippen molar-refractivity contribution in [1.29, 1.82) is 0 Å². The number of benzene rings is 2. The summed E-state index contributed by atoms with van der Waals surface area (Å²) < 4.78 is 16.0. The zero-order chi connectivity index (χ0) is 18.5. The number of nitrogens with one attached hydrogen (secondary N) is 1. The molecule has 0 aromatic heterocycles. The highest BCUT2D eigenvalue weighted by atomic mass is 16.7. The highest BCUT2D eigenvalue weighted by Gasteiger charge is 2.16. The molecular weight excluding hydrogens is 330 g/mol. The van der Waals surface area contributed by atoms with Crippen molar-refractivity contribution in [1.82, 2.24) is 5.32 Å².